The van der Waals surface area contributed by atoms with E-state index in [4.69, 9.17) is 4.98 Å². The van der Waals surface area contributed by atoms with Gasteiger partial charge in [-0.2, -0.15) is 0 Å². The number of nitrogens with zero attached hydrogens (tertiary/aromatic N) is 4. The van der Waals surface area contributed by atoms with Crippen LogP contribution in [0.15, 0.2) is 79.1 Å². The summed E-state index contributed by atoms with van der Waals surface area (Å²) in [5.41, 5.74) is 2.81. The standard InChI is InChI=1S/C26H26N6O/c33-26(29-21-9-10-22-20(17-21)5-4-14-27-22)18-32-15-11-19(12-16-32)23-6-3-8-25(30-23)31-24-7-1-2-13-28-24/h1-10,13-14,17,19H,11-12,15-16,18H2,(H,29,33)(H,28,30,31). The van der Waals surface area contributed by atoms with Gasteiger partial charge in [0, 0.05) is 35.1 Å². The molecule has 1 aliphatic rings. The summed E-state index contributed by atoms with van der Waals surface area (Å²) in [6.45, 7) is 2.14. The molecule has 4 heterocycles. The number of nitrogens with one attached hydrogen (secondary N) is 2. The fourth-order valence-corrected chi connectivity index (χ4v) is 4.26. The first-order valence-electron chi connectivity index (χ1n) is 11.2. The fraction of sp³-hybridized carbons (Fsp3) is 0.231. The average molecular weight is 439 g/mol. The Kier molecular flexibility index (Phi) is 6.21. The van der Waals surface area contributed by atoms with Gasteiger partial charge in [0.1, 0.15) is 11.6 Å². The van der Waals surface area contributed by atoms with Gasteiger partial charge in [0.2, 0.25) is 5.91 Å². The van der Waals surface area contributed by atoms with Crippen molar-refractivity contribution in [3.63, 3.8) is 0 Å². The summed E-state index contributed by atoms with van der Waals surface area (Å²) >= 11 is 0. The molecule has 1 saturated heterocycles. The zero-order chi connectivity index (χ0) is 22.5. The molecule has 0 atom stereocenters. The van der Waals surface area contributed by atoms with Gasteiger partial charge in [0.25, 0.3) is 0 Å². The second-order valence-electron chi connectivity index (χ2n) is 8.30. The average Bonchev–Trinajstić information content (AvgIpc) is 2.85. The highest BCUT2D eigenvalue weighted by molar-refractivity contribution is 5.94. The second-order valence-corrected chi connectivity index (χ2v) is 8.30. The van der Waals surface area contributed by atoms with Crippen molar-refractivity contribution < 1.29 is 4.79 Å². The Morgan fingerprint density at radius 3 is 2.61 bits per heavy atom. The molecule has 7 heteroatoms. The van der Waals surface area contributed by atoms with Crippen molar-refractivity contribution in [2.75, 3.05) is 30.3 Å². The van der Waals surface area contributed by atoms with E-state index in [1.807, 2.05) is 60.7 Å². The minimum Gasteiger partial charge on any atom is -0.325 e. The van der Waals surface area contributed by atoms with E-state index in [9.17, 15) is 4.79 Å². The van der Waals surface area contributed by atoms with Crippen LogP contribution in [0.4, 0.5) is 17.3 Å². The van der Waals surface area contributed by atoms with E-state index in [1.54, 1.807) is 12.4 Å². The summed E-state index contributed by atoms with van der Waals surface area (Å²) in [4.78, 5) is 28.2. The van der Waals surface area contributed by atoms with E-state index in [1.165, 1.54) is 0 Å². The van der Waals surface area contributed by atoms with Crippen LogP contribution in [0.2, 0.25) is 0 Å². The van der Waals surface area contributed by atoms with Crippen LogP contribution in [0.5, 0.6) is 0 Å². The van der Waals surface area contributed by atoms with Gasteiger partial charge < -0.3 is 10.6 Å². The Bertz CT molecular complexity index is 1240. The molecule has 7 nitrogen and oxygen atoms in total. The molecule has 166 valence electrons. The van der Waals surface area contributed by atoms with E-state index in [0.29, 0.717) is 12.5 Å². The number of likely N-dealkylation sites (tertiary alicyclic amines) is 1. The molecule has 3 aromatic heterocycles. The normalized spacial score (nSPS) is 14.8. The largest absolute Gasteiger partial charge is 0.325 e. The zero-order valence-electron chi connectivity index (χ0n) is 18.3. The van der Waals surface area contributed by atoms with Gasteiger partial charge in [0.05, 0.1) is 12.1 Å². The predicted molar refractivity (Wildman–Crippen MR) is 131 cm³/mol. The monoisotopic (exact) mass is 438 g/mol. The molecule has 0 saturated carbocycles. The van der Waals surface area contributed by atoms with Crippen molar-refractivity contribution in [1.29, 1.82) is 0 Å². The van der Waals surface area contributed by atoms with Gasteiger partial charge in [-0.3, -0.25) is 14.7 Å². The number of hydrogen-bond donors (Lipinski definition) is 2. The molecule has 1 fully saturated rings. The highest BCUT2D eigenvalue weighted by Crippen LogP contribution is 2.28. The summed E-state index contributed by atoms with van der Waals surface area (Å²) in [6, 6.07) is 21.5. The molecule has 4 aromatic rings. The summed E-state index contributed by atoms with van der Waals surface area (Å²) in [7, 11) is 0. The number of amides is 1. The molecule has 0 aliphatic carbocycles. The Morgan fingerprint density at radius 1 is 0.909 bits per heavy atom. The molecule has 0 radical (unpaired) electrons. The van der Waals surface area contributed by atoms with Crippen LogP contribution in [0.3, 0.4) is 0 Å². The molecular formula is C26H26N6O. The number of anilines is 3. The minimum absolute atomic E-state index is 0.0105. The van der Waals surface area contributed by atoms with Crippen LogP contribution in [0.25, 0.3) is 10.9 Å². The number of hydrogen-bond acceptors (Lipinski definition) is 6. The van der Waals surface area contributed by atoms with Gasteiger partial charge in [-0.1, -0.05) is 18.2 Å². The van der Waals surface area contributed by atoms with Crippen molar-refractivity contribution >= 4 is 34.1 Å². The minimum atomic E-state index is 0.0105. The smallest absolute Gasteiger partial charge is 0.238 e. The van der Waals surface area contributed by atoms with Gasteiger partial charge in [0.15, 0.2) is 0 Å². The maximum Gasteiger partial charge on any atom is 0.238 e. The number of pyridine rings is 3. The van der Waals surface area contributed by atoms with Crippen LogP contribution in [0, 0.1) is 0 Å². The lowest BCUT2D eigenvalue weighted by Crippen LogP contribution is -2.38. The first-order chi connectivity index (χ1) is 16.2. The number of aromatic nitrogens is 3. The lowest BCUT2D eigenvalue weighted by Gasteiger charge is -2.31. The second kappa shape index (κ2) is 9.75. The first kappa shape index (κ1) is 21.0. The molecule has 0 spiro atoms. The van der Waals surface area contributed by atoms with Gasteiger partial charge in [-0.15, -0.1) is 0 Å². The topological polar surface area (TPSA) is 83.0 Å². The lowest BCUT2D eigenvalue weighted by molar-refractivity contribution is -0.117. The summed E-state index contributed by atoms with van der Waals surface area (Å²) in [5, 5.41) is 7.30. The Balaban J connectivity index is 1.14. The highest BCUT2D eigenvalue weighted by atomic mass is 16.2. The Morgan fingerprint density at radius 2 is 1.76 bits per heavy atom. The summed E-state index contributed by atoms with van der Waals surface area (Å²) < 4.78 is 0. The van der Waals surface area contributed by atoms with Gasteiger partial charge in [-0.05, 0) is 74.5 Å². The SMILES string of the molecule is O=C(CN1CCC(c2cccc(Nc3ccccn3)n2)CC1)Nc1ccc2ncccc2c1. The molecule has 1 amide bonds. The Hall–Kier alpha value is -3.84. The zero-order valence-corrected chi connectivity index (χ0v) is 18.3. The van der Waals surface area contributed by atoms with E-state index < -0.39 is 0 Å². The molecule has 1 aliphatic heterocycles. The third kappa shape index (κ3) is 5.32. The molecule has 0 unspecified atom stereocenters. The van der Waals surface area contributed by atoms with Crippen molar-refractivity contribution in [1.82, 2.24) is 19.9 Å². The van der Waals surface area contributed by atoms with Crippen molar-refractivity contribution in [2.24, 2.45) is 0 Å². The Labute approximate surface area is 192 Å². The molecule has 0 bridgehead atoms. The number of piperidine rings is 1. The van der Waals surface area contributed by atoms with Gasteiger partial charge >= 0.3 is 0 Å². The maximum absolute atomic E-state index is 12.6. The summed E-state index contributed by atoms with van der Waals surface area (Å²) in [6.07, 6.45) is 5.49. The molecule has 33 heavy (non-hydrogen) atoms. The third-order valence-corrected chi connectivity index (χ3v) is 5.95. The third-order valence-electron chi connectivity index (χ3n) is 5.95. The highest BCUT2D eigenvalue weighted by Gasteiger charge is 2.23. The first-order valence-corrected chi connectivity index (χ1v) is 11.2. The van der Waals surface area contributed by atoms with Crippen molar-refractivity contribution in [3.8, 4) is 0 Å². The molecule has 5 rings (SSSR count). The fourth-order valence-electron chi connectivity index (χ4n) is 4.26. The van der Waals surface area contributed by atoms with E-state index in [0.717, 1.165) is 59.9 Å². The summed E-state index contributed by atoms with van der Waals surface area (Å²) in [5.74, 6) is 1.99. The van der Waals surface area contributed by atoms with Crippen LogP contribution in [-0.4, -0.2) is 45.4 Å². The number of rotatable bonds is 6. The van der Waals surface area contributed by atoms with E-state index in [-0.39, 0.29) is 5.91 Å². The van der Waals surface area contributed by atoms with Crippen molar-refractivity contribution in [2.45, 2.75) is 18.8 Å². The predicted octanol–water partition coefficient (Wildman–Crippen LogP) is 4.59. The number of fused-ring (bicyclic) bond motifs is 1. The van der Waals surface area contributed by atoms with Crippen LogP contribution in [-0.2, 0) is 4.79 Å². The lowest BCUT2D eigenvalue weighted by atomic mass is 9.93. The maximum atomic E-state index is 12.6. The molecule has 2 N–H and O–H groups in total. The quantitative estimate of drug-likeness (QED) is 0.458. The van der Waals surface area contributed by atoms with Crippen LogP contribution in [0.1, 0.15) is 24.5 Å². The van der Waals surface area contributed by atoms with Crippen LogP contribution >= 0.6 is 0 Å². The van der Waals surface area contributed by atoms with E-state index >= 15 is 0 Å². The van der Waals surface area contributed by atoms with Gasteiger partial charge in [-0.25, -0.2) is 9.97 Å². The number of carbonyl (C=O) groups excluding carboxylic acids is 1. The van der Waals surface area contributed by atoms with E-state index in [2.05, 4.69) is 31.6 Å². The molecule has 1 aromatic carbocycles. The van der Waals surface area contributed by atoms with Crippen molar-refractivity contribution in [3.05, 3.63) is 84.8 Å². The molecular weight excluding hydrogens is 412 g/mol. The number of carbonyl (C=O) groups is 1. The van der Waals surface area contributed by atoms with Crippen LogP contribution < -0.4 is 10.6 Å². The number of benzene rings is 1.